The van der Waals surface area contributed by atoms with Crippen LogP contribution in [0.3, 0.4) is 0 Å². The van der Waals surface area contributed by atoms with Crippen LogP contribution in [0.2, 0.25) is 0 Å². The Morgan fingerprint density at radius 2 is 0.817 bits per heavy atom. The molecular weight excluding hydrogens is 723 g/mol. The number of hydrogen-bond acceptors (Lipinski definition) is 1. The van der Waals surface area contributed by atoms with Gasteiger partial charge in [-0.2, -0.15) is 0 Å². The van der Waals surface area contributed by atoms with Gasteiger partial charge in [0.2, 0.25) is 0 Å². The summed E-state index contributed by atoms with van der Waals surface area (Å²) in [4.78, 5) is 2.37. The smallest absolute Gasteiger partial charge is 0.0462 e. The molecule has 1 nitrogen and oxygen atoms in total. The third-order valence-corrected chi connectivity index (χ3v) is 11.8. The van der Waals surface area contributed by atoms with Gasteiger partial charge in [0.25, 0.3) is 0 Å². The van der Waals surface area contributed by atoms with Crippen molar-refractivity contribution in [2.75, 3.05) is 4.90 Å². The van der Waals surface area contributed by atoms with E-state index in [1.54, 1.807) is 0 Å². The number of anilines is 3. The van der Waals surface area contributed by atoms with E-state index in [1.807, 2.05) is 0 Å². The maximum atomic E-state index is 2.37. The van der Waals surface area contributed by atoms with Crippen molar-refractivity contribution >= 4 is 65.7 Å². The predicted octanol–water partition coefficient (Wildman–Crippen LogP) is 16.7. The minimum atomic E-state index is 0.871. The SMILES string of the molecule is CC/C=C\C=C(/Cc1ccccc1)c1ccc(N(c2ccc(-c3ccc4ccc5ccccc5c4c3)cc2)c2ccc(-c3ccc4ccc5ccccc5c4c3)cc2)cc1. The van der Waals surface area contributed by atoms with Crippen LogP contribution in [0.5, 0.6) is 0 Å². The summed E-state index contributed by atoms with van der Waals surface area (Å²) in [5, 5.41) is 10.2. The lowest BCUT2D eigenvalue weighted by molar-refractivity contribution is 1.22. The highest BCUT2D eigenvalue weighted by atomic mass is 15.1. The van der Waals surface area contributed by atoms with Crippen molar-refractivity contribution in [3.05, 3.63) is 242 Å². The van der Waals surface area contributed by atoms with Crippen LogP contribution in [0.1, 0.15) is 24.5 Å². The molecule has 0 bridgehead atoms. The van der Waals surface area contributed by atoms with E-state index in [4.69, 9.17) is 0 Å². The maximum absolute atomic E-state index is 2.37. The number of rotatable bonds is 10. The Bertz CT molecular complexity index is 3010. The molecule has 0 aromatic heterocycles. The quantitative estimate of drug-likeness (QED) is 0.0989. The van der Waals surface area contributed by atoms with Gasteiger partial charge in [-0.15, -0.1) is 0 Å². The van der Waals surface area contributed by atoms with Gasteiger partial charge in [0, 0.05) is 17.1 Å². The van der Waals surface area contributed by atoms with Gasteiger partial charge in [-0.3, -0.25) is 0 Å². The van der Waals surface area contributed by atoms with E-state index in [9.17, 15) is 0 Å². The average Bonchev–Trinajstić information content (AvgIpc) is 3.32. The van der Waals surface area contributed by atoms with Gasteiger partial charge in [-0.05, 0) is 143 Å². The summed E-state index contributed by atoms with van der Waals surface area (Å²) in [7, 11) is 0. The van der Waals surface area contributed by atoms with Crippen LogP contribution in [0.15, 0.2) is 231 Å². The lowest BCUT2D eigenvalue weighted by Gasteiger charge is -2.26. The summed E-state index contributed by atoms with van der Waals surface area (Å²) >= 11 is 0. The predicted molar refractivity (Wildman–Crippen MR) is 260 cm³/mol. The molecule has 0 amide bonds. The van der Waals surface area contributed by atoms with Crippen molar-refractivity contribution < 1.29 is 0 Å². The molecule has 0 aliphatic carbocycles. The standard InChI is InChI=1S/C59H45N/c1-2-3-5-16-50(39-42-12-6-4-7-13-42)43-27-33-53(34-28-43)60(54-35-29-44(30-36-54)51-25-23-48-21-19-46-14-8-10-17-56(46)58(48)40-51)55-37-31-45(32-38-55)52-26-24-49-22-20-47-15-9-11-18-57(47)59(49)41-52/h3-38,40-41H,2,39H2,1H3/b5-3-,50-16+. The summed E-state index contributed by atoms with van der Waals surface area (Å²) in [6.45, 7) is 2.18. The molecule has 0 saturated heterocycles. The third kappa shape index (κ3) is 7.39. The molecule has 0 aliphatic rings. The fraction of sp³-hybridized carbons (Fsp3) is 0.0508. The van der Waals surface area contributed by atoms with E-state index in [1.165, 1.54) is 82.0 Å². The molecule has 10 aromatic carbocycles. The molecule has 60 heavy (non-hydrogen) atoms. The van der Waals surface area contributed by atoms with E-state index >= 15 is 0 Å². The summed E-state index contributed by atoms with van der Waals surface area (Å²) in [6.07, 6.45) is 8.56. The molecule has 10 aromatic rings. The number of benzene rings is 10. The Balaban J connectivity index is 1.03. The lowest BCUT2D eigenvalue weighted by Crippen LogP contribution is -2.10. The molecule has 0 saturated carbocycles. The van der Waals surface area contributed by atoms with Gasteiger partial charge < -0.3 is 4.90 Å². The van der Waals surface area contributed by atoms with Gasteiger partial charge in [0.1, 0.15) is 0 Å². The first kappa shape index (κ1) is 36.8. The Kier molecular flexibility index (Phi) is 10.1. The van der Waals surface area contributed by atoms with Crippen molar-refractivity contribution in [1.82, 2.24) is 0 Å². The number of hydrogen-bond donors (Lipinski definition) is 0. The Hall–Kier alpha value is -7.48. The van der Waals surface area contributed by atoms with E-state index in [0.29, 0.717) is 0 Å². The second-order valence-corrected chi connectivity index (χ2v) is 15.6. The fourth-order valence-corrected chi connectivity index (χ4v) is 8.63. The highest BCUT2D eigenvalue weighted by Gasteiger charge is 2.15. The van der Waals surface area contributed by atoms with Crippen LogP contribution in [0.4, 0.5) is 17.1 Å². The second kappa shape index (κ2) is 16.4. The van der Waals surface area contributed by atoms with Crippen molar-refractivity contribution in [3.8, 4) is 22.3 Å². The molecule has 0 spiro atoms. The average molecular weight is 768 g/mol. The van der Waals surface area contributed by atoms with Crippen LogP contribution in [0, 0.1) is 0 Å². The second-order valence-electron chi connectivity index (χ2n) is 15.6. The molecular formula is C59H45N. The van der Waals surface area contributed by atoms with Gasteiger partial charge in [-0.25, -0.2) is 0 Å². The van der Waals surface area contributed by atoms with Crippen LogP contribution < -0.4 is 4.90 Å². The van der Waals surface area contributed by atoms with Crippen LogP contribution >= 0.6 is 0 Å². The largest absolute Gasteiger partial charge is 0.311 e. The molecule has 0 heterocycles. The van der Waals surface area contributed by atoms with Crippen molar-refractivity contribution in [2.24, 2.45) is 0 Å². The van der Waals surface area contributed by atoms with Gasteiger partial charge >= 0.3 is 0 Å². The topological polar surface area (TPSA) is 3.24 Å². The summed E-state index contributed by atoms with van der Waals surface area (Å²) < 4.78 is 0. The summed E-state index contributed by atoms with van der Waals surface area (Å²) in [5.74, 6) is 0. The first-order valence-corrected chi connectivity index (χ1v) is 21.0. The lowest BCUT2D eigenvalue weighted by atomic mass is 9.96. The third-order valence-electron chi connectivity index (χ3n) is 11.8. The van der Waals surface area contributed by atoms with E-state index < -0.39 is 0 Å². The zero-order chi connectivity index (χ0) is 40.3. The van der Waals surface area contributed by atoms with Crippen LogP contribution in [-0.2, 0) is 6.42 Å². The number of allylic oxidation sites excluding steroid dienone is 4. The summed E-state index contributed by atoms with van der Waals surface area (Å²) in [5.41, 5.74) is 12.0. The van der Waals surface area contributed by atoms with E-state index in [-0.39, 0.29) is 0 Å². The van der Waals surface area contributed by atoms with Crippen LogP contribution in [0.25, 0.3) is 70.9 Å². The first-order chi connectivity index (χ1) is 29.7. The maximum Gasteiger partial charge on any atom is 0.0462 e. The number of fused-ring (bicyclic) bond motifs is 6. The van der Waals surface area contributed by atoms with Gasteiger partial charge in [-0.1, -0.05) is 189 Å². The molecule has 0 N–H and O–H groups in total. The van der Waals surface area contributed by atoms with Crippen molar-refractivity contribution in [3.63, 3.8) is 0 Å². The Labute approximate surface area is 352 Å². The monoisotopic (exact) mass is 767 g/mol. The van der Waals surface area contributed by atoms with Crippen molar-refractivity contribution in [2.45, 2.75) is 19.8 Å². The minimum absolute atomic E-state index is 0.871. The molecule has 0 radical (unpaired) electrons. The first-order valence-electron chi connectivity index (χ1n) is 21.0. The Morgan fingerprint density at radius 1 is 0.400 bits per heavy atom. The highest BCUT2D eigenvalue weighted by Crippen LogP contribution is 2.39. The highest BCUT2D eigenvalue weighted by molar-refractivity contribution is 6.09. The normalized spacial score (nSPS) is 11.9. The zero-order valence-corrected chi connectivity index (χ0v) is 33.8. The van der Waals surface area contributed by atoms with Crippen molar-refractivity contribution in [1.29, 1.82) is 0 Å². The molecule has 286 valence electrons. The van der Waals surface area contributed by atoms with E-state index in [0.717, 1.165) is 29.9 Å². The fourth-order valence-electron chi connectivity index (χ4n) is 8.63. The number of nitrogens with zero attached hydrogens (tertiary/aromatic N) is 1. The molecule has 0 unspecified atom stereocenters. The van der Waals surface area contributed by atoms with Gasteiger partial charge in [0.05, 0.1) is 0 Å². The molecule has 0 atom stereocenters. The van der Waals surface area contributed by atoms with Crippen LogP contribution in [-0.4, -0.2) is 0 Å². The zero-order valence-electron chi connectivity index (χ0n) is 33.8. The minimum Gasteiger partial charge on any atom is -0.311 e. The molecule has 0 aliphatic heterocycles. The molecule has 0 fully saturated rings. The molecule has 10 rings (SSSR count). The van der Waals surface area contributed by atoms with Gasteiger partial charge in [0.15, 0.2) is 0 Å². The molecule has 1 heteroatoms. The van der Waals surface area contributed by atoms with E-state index in [2.05, 4.69) is 242 Å². The Morgan fingerprint density at radius 3 is 1.32 bits per heavy atom. The summed E-state index contributed by atoms with van der Waals surface area (Å²) in [6, 6.07) is 77.8.